The van der Waals surface area contributed by atoms with Gasteiger partial charge in [0.1, 0.15) is 17.9 Å². The molecule has 0 radical (unpaired) electrons. The van der Waals surface area contributed by atoms with Gasteiger partial charge in [-0.2, -0.15) is 0 Å². The predicted molar refractivity (Wildman–Crippen MR) is 135 cm³/mol. The number of rotatable bonds is 7. The van der Waals surface area contributed by atoms with Gasteiger partial charge in [0.15, 0.2) is 11.5 Å². The molecule has 1 saturated heterocycles. The van der Waals surface area contributed by atoms with Crippen molar-refractivity contribution in [1.29, 1.82) is 0 Å². The molecule has 184 valence electrons. The molecule has 1 fully saturated rings. The molecule has 1 aliphatic rings. The van der Waals surface area contributed by atoms with Crippen molar-refractivity contribution in [3.8, 4) is 17.2 Å². The first-order valence-electron chi connectivity index (χ1n) is 11.4. The summed E-state index contributed by atoms with van der Waals surface area (Å²) in [6.45, 7) is 6.69. The Kier molecular flexibility index (Phi) is 7.05. The van der Waals surface area contributed by atoms with Crippen molar-refractivity contribution in [3.05, 3.63) is 88.5 Å². The number of benzene rings is 3. The molecular formula is C28H26N2O6. The average molecular weight is 487 g/mol. The number of amides is 4. The molecule has 0 unspecified atom stereocenters. The zero-order valence-electron chi connectivity index (χ0n) is 20.2. The van der Waals surface area contributed by atoms with Crippen LogP contribution < -0.4 is 19.7 Å². The number of hydrogen-bond acceptors (Lipinski definition) is 6. The monoisotopic (exact) mass is 486 g/mol. The van der Waals surface area contributed by atoms with Gasteiger partial charge >= 0.3 is 6.03 Å². The maximum Gasteiger partial charge on any atom is 0.335 e. The molecule has 1 aliphatic heterocycles. The summed E-state index contributed by atoms with van der Waals surface area (Å²) in [7, 11) is 0. The average Bonchev–Trinajstić information content (AvgIpc) is 2.84. The minimum Gasteiger partial charge on any atom is -0.508 e. The molecule has 3 aromatic carbocycles. The van der Waals surface area contributed by atoms with Crippen molar-refractivity contribution in [2.24, 2.45) is 0 Å². The summed E-state index contributed by atoms with van der Waals surface area (Å²) in [4.78, 5) is 38.8. The molecule has 1 heterocycles. The van der Waals surface area contributed by atoms with Crippen molar-refractivity contribution < 1.29 is 29.0 Å². The van der Waals surface area contributed by atoms with Crippen LogP contribution in [-0.2, 0) is 16.2 Å². The number of hydrogen-bond donors (Lipinski definition) is 2. The minimum atomic E-state index is -0.863. The van der Waals surface area contributed by atoms with Crippen LogP contribution >= 0.6 is 0 Å². The van der Waals surface area contributed by atoms with Crippen molar-refractivity contribution in [3.63, 3.8) is 0 Å². The number of ether oxygens (including phenoxy) is 2. The van der Waals surface area contributed by atoms with Gasteiger partial charge in [-0.15, -0.1) is 0 Å². The number of imide groups is 2. The highest BCUT2D eigenvalue weighted by Crippen LogP contribution is 2.31. The summed E-state index contributed by atoms with van der Waals surface area (Å²) in [5, 5.41) is 11.7. The second-order valence-corrected chi connectivity index (χ2v) is 8.32. The molecule has 0 saturated carbocycles. The van der Waals surface area contributed by atoms with Gasteiger partial charge in [0.05, 0.1) is 12.3 Å². The lowest BCUT2D eigenvalue weighted by molar-refractivity contribution is -0.122. The van der Waals surface area contributed by atoms with Gasteiger partial charge in [0, 0.05) is 0 Å². The summed E-state index contributed by atoms with van der Waals surface area (Å²) in [5.74, 6) is -0.599. The van der Waals surface area contributed by atoms with Gasteiger partial charge in [-0.1, -0.05) is 24.3 Å². The van der Waals surface area contributed by atoms with E-state index in [1.54, 1.807) is 18.2 Å². The fourth-order valence-electron chi connectivity index (χ4n) is 3.72. The first-order chi connectivity index (χ1) is 17.3. The van der Waals surface area contributed by atoms with E-state index >= 15 is 0 Å². The predicted octanol–water partition coefficient (Wildman–Crippen LogP) is 4.65. The largest absolute Gasteiger partial charge is 0.508 e. The second kappa shape index (κ2) is 10.4. The number of anilines is 1. The Morgan fingerprint density at radius 1 is 0.889 bits per heavy atom. The SMILES string of the molecule is CCOc1cc(/C=C2\C(=O)NC(=O)N(c3ccc(O)cc3)C2=O)ccc1OCc1ccc(C)c(C)c1. The summed E-state index contributed by atoms with van der Waals surface area (Å²) in [6, 6.07) is 15.9. The van der Waals surface area contributed by atoms with Gasteiger partial charge in [0.2, 0.25) is 0 Å². The highest BCUT2D eigenvalue weighted by atomic mass is 16.5. The smallest absolute Gasteiger partial charge is 0.335 e. The molecule has 3 aromatic rings. The van der Waals surface area contributed by atoms with E-state index in [-0.39, 0.29) is 17.0 Å². The number of nitrogens with one attached hydrogen (secondary N) is 1. The molecule has 0 aromatic heterocycles. The molecular weight excluding hydrogens is 460 g/mol. The lowest BCUT2D eigenvalue weighted by Crippen LogP contribution is -2.54. The molecule has 4 rings (SSSR count). The molecule has 8 nitrogen and oxygen atoms in total. The zero-order valence-corrected chi connectivity index (χ0v) is 20.2. The molecule has 8 heteroatoms. The van der Waals surface area contributed by atoms with Gasteiger partial charge in [-0.25, -0.2) is 9.69 Å². The number of urea groups is 1. The van der Waals surface area contributed by atoms with E-state index in [0.717, 1.165) is 10.5 Å². The van der Waals surface area contributed by atoms with Crippen LogP contribution in [0.5, 0.6) is 17.2 Å². The number of phenols is 1. The van der Waals surface area contributed by atoms with Crippen LogP contribution in [0.25, 0.3) is 6.08 Å². The van der Waals surface area contributed by atoms with E-state index in [0.29, 0.717) is 30.3 Å². The van der Waals surface area contributed by atoms with Crippen LogP contribution in [0, 0.1) is 13.8 Å². The number of aromatic hydroxyl groups is 1. The quantitative estimate of drug-likeness (QED) is 0.372. The van der Waals surface area contributed by atoms with Crippen LogP contribution in [0.15, 0.2) is 66.2 Å². The molecule has 0 atom stereocenters. The molecule has 0 aliphatic carbocycles. The Morgan fingerprint density at radius 3 is 2.33 bits per heavy atom. The van der Waals surface area contributed by atoms with Crippen molar-refractivity contribution in [2.75, 3.05) is 11.5 Å². The highest BCUT2D eigenvalue weighted by molar-refractivity contribution is 6.39. The summed E-state index contributed by atoms with van der Waals surface area (Å²) in [5.41, 5.74) is 3.94. The third-order valence-electron chi connectivity index (χ3n) is 5.75. The van der Waals surface area contributed by atoms with Crippen molar-refractivity contribution >= 4 is 29.6 Å². The zero-order chi connectivity index (χ0) is 25.8. The number of nitrogens with zero attached hydrogens (tertiary/aromatic N) is 1. The number of barbiturate groups is 1. The first-order valence-corrected chi connectivity index (χ1v) is 11.4. The Labute approximate surface area is 208 Å². The fraction of sp³-hybridized carbons (Fsp3) is 0.179. The Hall–Kier alpha value is -4.59. The standard InChI is InChI=1S/C28H26N2O6/c1-4-35-25-15-19(7-12-24(25)36-16-20-6-5-17(2)18(3)13-20)14-23-26(32)29-28(34)30(27(23)33)21-8-10-22(31)11-9-21/h5-15,31H,4,16H2,1-3H3,(H,29,32,34)/b23-14+. The molecule has 2 N–H and O–H groups in total. The summed E-state index contributed by atoms with van der Waals surface area (Å²) in [6.07, 6.45) is 1.40. The van der Waals surface area contributed by atoms with E-state index in [2.05, 4.69) is 18.3 Å². The Morgan fingerprint density at radius 2 is 1.64 bits per heavy atom. The number of carbonyl (C=O) groups excluding carboxylic acids is 3. The topological polar surface area (TPSA) is 105 Å². The maximum atomic E-state index is 13.1. The first kappa shape index (κ1) is 24.5. The Bertz CT molecular complexity index is 1360. The van der Waals surface area contributed by atoms with E-state index in [1.807, 2.05) is 26.0 Å². The highest BCUT2D eigenvalue weighted by Gasteiger charge is 2.36. The lowest BCUT2D eigenvalue weighted by atomic mass is 10.1. The van der Waals surface area contributed by atoms with Crippen LogP contribution in [0.3, 0.4) is 0 Å². The number of carbonyl (C=O) groups is 3. The number of aryl methyl sites for hydroxylation is 2. The van der Waals surface area contributed by atoms with Crippen LogP contribution in [0.4, 0.5) is 10.5 Å². The van der Waals surface area contributed by atoms with Gasteiger partial charge in [-0.3, -0.25) is 14.9 Å². The number of phenolic OH excluding ortho intramolecular Hbond substituents is 1. The van der Waals surface area contributed by atoms with Gasteiger partial charge in [0.25, 0.3) is 11.8 Å². The van der Waals surface area contributed by atoms with Crippen molar-refractivity contribution in [2.45, 2.75) is 27.4 Å². The van der Waals surface area contributed by atoms with Crippen molar-refractivity contribution in [1.82, 2.24) is 5.32 Å². The van der Waals surface area contributed by atoms with E-state index in [9.17, 15) is 19.5 Å². The van der Waals surface area contributed by atoms with Crippen LogP contribution in [0.2, 0.25) is 0 Å². The molecule has 4 amide bonds. The van der Waals surface area contributed by atoms with Crippen LogP contribution in [-0.4, -0.2) is 29.6 Å². The second-order valence-electron chi connectivity index (χ2n) is 8.32. The Balaban J connectivity index is 1.60. The normalized spacial score (nSPS) is 14.7. The third-order valence-corrected chi connectivity index (χ3v) is 5.75. The summed E-state index contributed by atoms with van der Waals surface area (Å²) >= 11 is 0. The van der Waals surface area contributed by atoms with E-state index < -0.39 is 17.8 Å². The third kappa shape index (κ3) is 5.22. The molecule has 36 heavy (non-hydrogen) atoms. The van der Waals surface area contributed by atoms with Crippen LogP contribution in [0.1, 0.15) is 29.2 Å². The van der Waals surface area contributed by atoms with Gasteiger partial charge < -0.3 is 14.6 Å². The minimum absolute atomic E-state index is 0.0151. The fourth-order valence-corrected chi connectivity index (χ4v) is 3.72. The summed E-state index contributed by atoms with van der Waals surface area (Å²) < 4.78 is 11.7. The molecule has 0 spiro atoms. The maximum absolute atomic E-state index is 13.1. The molecule has 0 bridgehead atoms. The lowest BCUT2D eigenvalue weighted by Gasteiger charge is -2.26. The van der Waals surface area contributed by atoms with E-state index in [1.165, 1.54) is 41.5 Å². The van der Waals surface area contributed by atoms with E-state index in [4.69, 9.17) is 9.47 Å². The van der Waals surface area contributed by atoms with Gasteiger partial charge in [-0.05, 0) is 85.5 Å².